The zero-order valence-corrected chi connectivity index (χ0v) is 14.4. The van der Waals surface area contributed by atoms with E-state index >= 15 is 0 Å². The smallest absolute Gasteiger partial charge is 0.207 e. The maximum atomic E-state index is 12.7. The van der Waals surface area contributed by atoms with Gasteiger partial charge in [-0.2, -0.15) is 4.31 Å². The molecule has 0 radical (unpaired) electrons. The van der Waals surface area contributed by atoms with Crippen LogP contribution in [0.3, 0.4) is 0 Å². The van der Waals surface area contributed by atoms with Crippen molar-refractivity contribution in [2.45, 2.75) is 44.4 Å². The fourth-order valence-corrected chi connectivity index (χ4v) is 4.62. The largest absolute Gasteiger partial charge is 0.243 e. The molecule has 1 aromatic rings. The van der Waals surface area contributed by atoms with Gasteiger partial charge in [0.1, 0.15) is 0 Å². The Hall–Kier alpha value is -0.580. The third-order valence-corrected chi connectivity index (χ3v) is 6.15. The third-order valence-electron chi connectivity index (χ3n) is 4.03. The predicted molar refractivity (Wildman–Crippen MR) is 87.3 cm³/mol. The molecule has 0 unspecified atom stereocenters. The molecule has 1 heterocycles. The highest BCUT2D eigenvalue weighted by atomic mass is 35.5. The number of halogens is 1. The molecule has 0 atom stereocenters. The summed E-state index contributed by atoms with van der Waals surface area (Å²) in [5, 5.41) is 0. The summed E-state index contributed by atoms with van der Waals surface area (Å²) in [6, 6.07) is 7.24. The SMILES string of the molecule is CC1(C)CCCN(S(=O)(=O)c2ccc(CCCCl)cc2)C1. The van der Waals surface area contributed by atoms with Crippen LogP contribution in [-0.2, 0) is 16.4 Å². The summed E-state index contributed by atoms with van der Waals surface area (Å²) in [5.74, 6) is 0.628. The van der Waals surface area contributed by atoms with E-state index in [1.807, 2.05) is 12.1 Å². The molecule has 0 saturated carbocycles. The molecular formula is C16H24ClNO2S. The molecule has 0 aliphatic carbocycles. The van der Waals surface area contributed by atoms with Gasteiger partial charge >= 0.3 is 0 Å². The summed E-state index contributed by atoms with van der Waals surface area (Å²) in [6.07, 6.45) is 3.81. The van der Waals surface area contributed by atoms with Crippen LogP contribution in [-0.4, -0.2) is 31.7 Å². The zero-order chi connectivity index (χ0) is 15.5. The number of benzene rings is 1. The Morgan fingerprint density at radius 1 is 1.24 bits per heavy atom. The molecule has 0 bridgehead atoms. The third kappa shape index (κ3) is 4.21. The summed E-state index contributed by atoms with van der Waals surface area (Å²) < 4.78 is 27.0. The normalized spacial score (nSPS) is 19.6. The first-order chi connectivity index (χ1) is 9.85. The maximum absolute atomic E-state index is 12.7. The van der Waals surface area contributed by atoms with Crippen molar-refractivity contribution in [1.82, 2.24) is 4.31 Å². The molecule has 21 heavy (non-hydrogen) atoms. The van der Waals surface area contributed by atoms with Gasteiger partial charge in [-0.05, 0) is 48.8 Å². The number of sulfonamides is 1. The van der Waals surface area contributed by atoms with Crippen LogP contribution >= 0.6 is 11.6 Å². The summed E-state index contributed by atoms with van der Waals surface area (Å²) in [6.45, 7) is 5.48. The van der Waals surface area contributed by atoms with Gasteiger partial charge in [0.15, 0.2) is 0 Å². The lowest BCUT2D eigenvalue weighted by Crippen LogP contribution is -2.43. The number of nitrogens with zero attached hydrogens (tertiary/aromatic N) is 1. The van der Waals surface area contributed by atoms with Crippen molar-refractivity contribution in [2.75, 3.05) is 19.0 Å². The minimum Gasteiger partial charge on any atom is -0.207 e. The minimum atomic E-state index is -3.36. The van der Waals surface area contributed by atoms with Crippen molar-refractivity contribution in [3.63, 3.8) is 0 Å². The molecule has 3 nitrogen and oxygen atoms in total. The molecule has 0 aromatic heterocycles. The number of aryl methyl sites for hydroxylation is 1. The van der Waals surface area contributed by atoms with Gasteiger partial charge in [0.25, 0.3) is 0 Å². The van der Waals surface area contributed by atoms with E-state index in [0.29, 0.717) is 23.9 Å². The highest BCUT2D eigenvalue weighted by molar-refractivity contribution is 7.89. The lowest BCUT2D eigenvalue weighted by molar-refractivity contribution is 0.187. The summed E-state index contributed by atoms with van der Waals surface area (Å²) in [7, 11) is -3.36. The highest BCUT2D eigenvalue weighted by Gasteiger charge is 2.33. The number of hydrogen-bond donors (Lipinski definition) is 0. The average Bonchev–Trinajstić information content (AvgIpc) is 2.44. The second-order valence-corrected chi connectivity index (χ2v) is 8.86. The van der Waals surface area contributed by atoms with Gasteiger partial charge in [-0.1, -0.05) is 26.0 Å². The minimum absolute atomic E-state index is 0.0611. The van der Waals surface area contributed by atoms with Crippen molar-refractivity contribution in [3.8, 4) is 0 Å². The molecule has 0 N–H and O–H groups in total. The van der Waals surface area contributed by atoms with Gasteiger partial charge in [0, 0.05) is 19.0 Å². The van der Waals surface area contributed by atoms with Crippen LogP contribution in [0.2, 0.25) is 0 Å². The van der Waals surface area contributed by atoms with E-state index < -0.39 is 10.0 Å². The highest BCUT2D eigenvalue weighted by Crippen LogP contribution is 2.31. The number of piperidine rings is 1. The zero-order valence-electron chi connectivity index (χ0n) is 12.8. The molecule has 0 amide bonds. The molecule has 1 fully saturated rings. The number of rotatable bonds is 5. The van der Waals surface area contributed by atoms with E-state index in [2.05, 4.69) is 13.8 Å². The summed E-state index contributed by atoms with van der Waals surface area (Å²) in [5.41, 5.74) is 1.19. The Morgan fingerprint density at radius 3 is 2.48 bits per heavy atom. The van der Waals surface area contributed by atoms with E-state index in [-0.39, 0.29) is 5.41 Å². The van der Waals surface area contributed by atoms with Gasteiger partial charge in [-0.3, -0.25) is 0 Å². The predicted octanol–water partition coefficient (Wildman–Crippen LogP) is 3.67. The quantitative estimate of drug-likeness (QED) is 0.773. The molecule has 1 aromatic carbocycles. The van der Waals surface area contributed by atoms with Crippen LogP contribution in [0, 0.1) is 5.41 Å². The first-order valence-electron chi connectivity index (χ1n) is 7.50. The monoisotopic (exact) mass is 329 g/mol. The fraction of sp³-hybridized carbons (Fsp3) is 0.625. The van der Waals surface area contributed by atoms with Crippen molar-refractivity contribution < 1.29 is 8.42 Å². The van der Waals surface area contributed by atoms with Crippen LogP contribution in [0.4, 0.5) is 0 Å². The molecule has 0 spiro atoms. The van der Waals surface area contributed by atoms with Gasteiger partial charge < -0.3 is 0 Å². The van der Waals surface area contributed by atoms with E-state index in [1.54, 1.807) is 16.4 Å². The first kappa shape index (κ1) is 16.8. The number of alkyl halides is 1. The molecule has 5 heteroatoms. The Kier molecular flexibility index (Phi) is 5.33. The second kappa shape index (κ2) is 6.67. The van der Waals surface area contributed by atoms with E-state index in [4.69, 9.17) is 11.6 Å². The molecule has 118 valence electrons. The topological polar surface area (TPSA) is 37.4 Å². The lowest BCUT2D eigenvalue weighted by Gasteiger charge is -2.37. The van der Waals surface area contributed by atoms with Crippen molar-refractivity contribution in [1.29, 1.82) is 0 Å². The van der Waals surface area contributed by atoms with Gasteiger partial charge in [-0.25, -0.2) is 8.42 Å². The summed E-state index contributed by atoms with van der Waals surface area (Å²) >= 11 is 5.68. The van der Waals surface area contributed by atoms with Crippen LogP contribution in [0.5, 0.6) is 0 Å². The average molecular weight is 330 g/mol. The molecule has 1 saturated heterocycles. The van der Waals surface area contributed by atoms with E-state index in [9.17, 15) is 8.42 Å². The Morgan fingerprint density at radius 2 is 1.90 bits per heavy atom. The molecular weight excluding hydrogens is 306 g/mol. The lowest BCUT2D eigenvalue weighted by atomic mass is 9.85. The van der Waals surface area contributed by atoms with Crippen LogP contribution in [0.1, 0.15) is 38.7 Å². The van der Waals surface area contributed by atoms with Gasteiger partial charge in [0.05, 0.1) is 4.90 Å². The number of hydrogen-bond acceptors (Lipinski definition) is 2. The van der Waals surface area contributed by atoms with Gasteiger partial charge in [0.2, 0.25) is 10.0 Å². The van der Waals surface area contributed by atoms with Crippen LogP contribution < -0.4 is 0 Å². The van der Waals surface area contributed by atoms with Crippen LogP contribution in [0.25, 0.3) is 0 Å². The van der Waals surface area contributed by atoms with E-state index in [0.717, 1.165) is 31.2 Å². The van der Waals surface area contributed by atoms with Crippen LogP contribution in [0.15, 0.2) is 29.2 Å². The fourth-order valence-electron chi connectivity index (χ4n) is 2.82. The first-order valence-corrected chi connectivity index (χ1v) is 9.48. The Bertz CT molecular complexity index is 566. The standard InChI is InChI=1S/C16H24ClNO2S/c1-16(2)10-4-12-18(13-16)21(19,20)15-8-6-14(7-9-15)5-3-11-17/h6-9H,3-5,10-13H2,1-2H3. The summed E-state index contributed by atoms with van der Waals surface area (Å²) in [4.78, 5) is 0.398. The Balaban J connectivity index is 2.15. The maximum Gasteiger partial charge on any atom is 0.243 e. The van der Waals surface area contributed by atoms with Gasteiger partial charge in [-0.15, -0.1) is 11.6 Å². The molecule has 1 aliphatic rings. The molecule has 2 rings (SSSR count). The van der Waals surface area contributed by atoms with Crippen molar-refractivity contribution in [3.05, 3.63) is 29.8 Å². The van der Waals surface area contributed by atoms with Crippen molar-refractivity contribution in [2.24, 2.45) is 5.41 Å². The Labute approximate surface area is 133 Å². The second-order valence-electron chi connectivity index (χ2n) is 6.54. The van der Waals surface area contributed by atoms with Crippen molar-refractivity contribution >= 4 is 21.6 Å². The molecule has 1 aliphatic heterocycles. The van der Waals surface area contributed by atoms with E-state index in [1.165, 1.54) is 0 Å².